The van der Waals surface area contributed by atoms with Gasteiger partial charge in [-0.25, -0.2) is 8.78 Å². The number of carbonyl (C=O) groups excluding carboxylic acids is 1. The number of halogens is 2. The Bertz CT molecular complexity index is 244. The first kappa shape index (κ1) is 12.4. The Morgan fingerprint density at radius 1 is 1.53 bits per heavy atom. The second kappa shape index (κ2) is 4.43. The second-order valence-electron chi connectivity index (χ2n) is 4.50. The van der Waals surface area contributed by atoms with Crippen LogP contribution in [0.4, 0.5) is 8.78 Å². The molecule has 1 rings (SSSR count). The molecule has 1 saturated heterocycles. The molecule has 0 aromatic heterocycles. The minimum absolute atomic E-state index is 0.199. The highest BCUT2D eigenvalue weighted by Crippen LogP contribution is 2.32. The summed E-state index contributed by atoms with van der Waals surface area (Å²) >= 11 is 0. The Balaban J connectivity index is 2.55. The minimum atomic E-state index is -2.74. The van der Waals surface area contributed by atoms with Gasteiger partial charge >= 0.3 is 0 Å². The van der Waals surface area contributed by atoms with Gasteiger partial charge in [0.05, 0.1) is 13.1 Å². The van der Waals surface area contributed by atoms with Crippen molar-refractivity contribution < 1.29 is 13.6 Å². The summed E-state index contributed by atoms with van der Waals surface area (Å²) in [5.74, 6) is -3.58. The number of piperidine rings is 1. The highest BCUT2D eigenvalue weighted by Gasteiger charge is 2.42. The Kier molecular flexibility index (Phi) is 3.65. The number of hydrogen-bond donors (Lipinski definition) is 0. The van der Waals surface area contributed by atoms with E-state index in [4.69, 9.17) is 0 Å². The van der Waals surface area contributed by atoms with Gasteiger partial charge in [-0.1, -0.05) is 6.92 Å². The lowest BCUT2D eigenvalue weighted by Gasteiger charge is -2.37. The van der Waals surface area contributed by atoms with Gasteiger partial charge in [0.15, 0.2) is 0 Å². The zero-order chi connectivity index (χ0) is 11.6. The monoisotopic (exact) mass is 220 g/mol. The Morgan fingerprint density at radius 3 is 2.60 bits per heavy atom. The van der Waals surface area contributed by atoms with Crippen LogP contribution in [0.25, 0.3) is 0 Å². The third kappa shape index (κ3) is 3.12. The predicted molar refractivity (Wildman–Crippen MR) is 53.9 cm³/mol. The number of amides is 1. The second-order valence-corrected chi connectivity index (χ2v) is 4.50. The van der Waals surface area contributed by atoms with Crippen LogP contribution in [0.3, 0.4) is 0 Å². The lowest BCUT2D eigenvalue weighted by atomic mass is 9.95. The molecule has 1 unspecified atom stereocenters. The first-order chi connectivity index (χ1) is 6.83. The fraction of sp³-hybridized carbons (Fsp3) is 0.900. The SMILES string of the molecule is CC1CCN(C(=O)CN(C)C)CC1(F)F. The third-order valence-corrected chi connectivity index (χ3v) is 2.76. The van der Waals surface area contributed by atoms with Crippen LogP contribution < -0.4 is 0 Å². The lowest BCUT2D eigenvalue weighted by Crippen LogP contribution is -2.51. The van der Waals surface area contributed by atoms with E-state index in [1.807, 2.05) is 0 Å². The molecule has 15 heavy (non-hydrogen) atoms. The number of nitrogens with zero attached hydrogens (tertiary/aromatic N) is 2. The predicted octanol–water partition coefficient (Wildman–Crippen LogP) is 1.05. The van der Waals surface area contributed by atoms with Crippen molar-refractivity contribution in [1.29, 1.82) is 0 Å². The van der Waals surface area contributed by atoms with E-state index >= 15 is 0 Å². The van der Waals surface area contributed by atoms with Crippen LogP contribution in [0.5, 0.6) is 0 Å². The topological polar surface area (TPSA) is 23.6 Å². The molecule has 0 aromatic carbocycles. The summed E-state index contributed by atoms with van der Waals surface area (Å²) in [4.78, 5) is 14.5. The van der Waals surface area contributed by atoms with Crippen LogP contribution in [-0.4, -0.2) is 55.4 Å². The average molecular weight is 220 g/mol. The van der Waals surface area contributed by atoms with Gasteiger partial charge in [0, 0.05) is 12.5 Å². The van der Waals surface area contributed by atoms with Gasteiger partial charge in [-0.05, 0) is 20.5 Å². The molecule has 1 aliphatic heterocycles. The lowest BCUT2D eigenvalue weighted by molar-refractivity contribution is -0.149. The van der Waals surface area contributed by atoms with Crippen LogP contribution in [0.15, 0.2) is 0 Å². The highest BCUT2D eigenvalue weighted by molar-refractivity contribution is 5.78. The number of hydrogen-bond acceptors (Lipinski definition) is 2. The maximum Gasteiger partial charge on any atom is 0.267 e. The van der Waals surface area contributed by atoms with Gasteiger partial charge in [0.2, 0.25) is 5.91 Å². The maximum atomic E-state index is 13.3. The summed E-state index contributed by atoms with van der Waals surface area (Å²) < 4.78 is 26.7. The van der Waals surface area contributed by atoms with Gasteiger partial charge in [-0.15, -0.1) is 0 Å². The number of carbonyl (C=O) groups is 1. The van der Waals surface area contributed by atoms with Crippen molar-refractivity contribution >= 4 is 5.91 Å². The molecule has 88 valence electrons. The van der Waals surface area contributed by atoms with Crippen molar-refractivity contribution in [2.45, 2.75) is 19.3 Å². The molecular weight excluding hydrogens is 202 g/mol. The van der Waals surface area contributed by atoms with E-state index in [1.165, 1.54) is 11.8 Å². The largest absolute Gasteiger partial charge is 0.336 e. The minimum Gasteiger partial charge on any atom is -0.336 e. The van der Waals surface area contributed by atoms with Crippen molar-refractivity contribution in [2.24, 2.45) is 5.92 Å². The molecule has 0 N–H and O–H groups in total. The molecule has 1 heterocycles. The van der Waals surface area contributed by atoms with Crippen molar-refractivity contribution in [3.63, 3.8) is 0 Å². The Morgan fingerprint density at radius 2 is 2.13 bits per heavy atom. The van der Waals surface area contributed by atoms with Gasteiger partial charge < -0.3 is 9.80 Å². The van der Waals surface area contributed by atoms with E-state index in [0.717, 1.165) is 0 Å². The van der Waals surface area contributed by atoms with Gasteiger partial charge in [0.1, 0.15) is 0 Å². The van der Waals surface area contributed by atoms with E-state index in [9.17, 15) is 13.6 Å². The van der Waals surface area contributed by atoms with Crippen molar-refractivity contribution in [2.75, 3.05) is 33.7 Å². The van der Waals surface area contributed by atoms with E-state index in [0.29, 0.717) is 13.0 Å². The van der Waals surface area contributed by atoms with Crippen LogP contribution in [0, 0.1) is 5.92 Å². The summed E-state index contributed by atoms with van der Waals surface area (Å²) in [6, 6.07) is 0. The maximum absolute atomic E-state index is 13.3. The Labute approximate surface area is 89.0 Å². The zero-order valence-corrected chi connectivity index (χ0v) is 9.46. The molecule has 1 fully saturated rings. The van der Waals surface area contributed by atoms with E-state index < -0.39 is 18.4 Å². The van der Waals surface area contributed by atoms with Crippen molar-refractivity contribution in [3.05, 3.63) is 0 Å². The molecule has 0 aromatic rings. The molecule has 0 saturated carbocycles. The number of likely N-dealkylation sites (tertiary alicyclic amines) is 1. The first-order valence-electron chi connectivity index (χ1n) is 5.13. The van der Waals surface area contributed by atoms with Gasteiger partial charge in [0.25, 0.3) is 5.92 Å². The molecule has 0 bridgehead atoms. The van der Waals surface area contributed by atoms with E-state index in [1.54, 1.807) is 19.0 Å². The van der Waals surface area contributed by atoms with Crippen molar-refractivity contribution in [3.8, 4) is 0 Å². The van der Waals surface area contributed by atoms with Gasteiger partial charge in [-0.2, -0.15) is 0 Å². The first-order valence-corrected chi connectivity index (χ1v) is 5.13. The fourth-order valence-electron chi connectivity index (χ4n) is 1.63. The fourth-order valence-corrected chi connectivity index (χ4v) is 1.63. The van der Waals surface area contributed by atoms with Crippen LogP contribution in [0.2, 0.25) is 0 Å². The van der Waals surface area contributed by atoms with Crippen LogP contribution in [-0.2, 0) is 4.79 Å². The highest BCUT2D eigenvalue weighted by atomic mass is 19.3. The quantitative estimate of drug-likeness (QED) is 0.694. The standard InChI is InChI=1S/C10H18F2N2O/c1-8-4-5-14(7-10(8,11)12)9(15)6-13(2)3/h8H,4-7H2,1-3H3. The summed E-state index contributed by atoms with van der Waals surface area (Å²) in [6.07, 6.45) is 0.381. The van der Waals surface area contributed by atoms with E-state index in [2.05, 4.69) is 0 Å². The molecule has 3 nitrogen and oxygen atoms in total. The van der Waals surface area contributed by atoms with Crippen LogP contribution in [0.1, 0.15) is 13.3 Å². The van der Waals surface area contributed by atoms with Crippen LogP contribution >= 0.6 is 0 Å². The number of alkyl halides is 2. The van der Waals surface area contributed by atoms with E-state index in [-0.39, 0.29) is 12.5 Å². The molecule has 0 radical (unpaired) electrons. The molecular formula is C10H18F2N2O. The number of likely N-dealkylation sites (N-methyl/N-ethyl adjacent to an activating group) is 1. The average Bonchev–Trinajstić information content (AvgIpc) is 2.08. The smallest absolute Gasteiger partial charge is 0.267 e. The van der Waals surface area contributed by atoms with Crippen molar-refractivity contribution in [1.82, 2.24) is 9.80 Å². The molecule has 1 atom stereocenters. The molecule has 0 spiro atoms. The summed E-state index contributed by atoms with van der Waals surface area (Å²) in [6.45, 7) is 1.75. The zero-order valence-electron chi connectivity index (χ0n) is 9.46. The van der Waals surface area contributed by atoms with Gasteiger partial charge in [-0.3, -0.25) is 4.79 Å². The molecule has 1 aliphatic rings. The number of rotatable bonds is 2. The normalized spacial score (nSPS) is 25.7. The third-order valence-electron chi connectivity index (χ3n) is 2.76. The summed E-state index contributed by atoms with van der Waals surface area (Å²) in [5.41, 5.74) is 0. The molecule has 5 heteroatoms. The summed E-state index contributed by atoms with van der Waals surface area (Å²) in [7, 11) is 3.51. The molecule has 0 aliphatic carbocycles. The Hall–Kier alpha value is -0.710. The summed E-state index contributed by atoms with van der Waals surface area (Å²) in [5, 5.41) is 0. The molecule has 1 amide bonds.